The number of carbonyl (C=O) groups excluding carboxylic acids is 1. The molecule has 1 N–H and O–H groups in total. The average molecular weight is 336 g/mol. The summed E-state index contributed by atoms with van der Waals surface area (Å²) < 4.78 is 43.4. The maximum atomic E-state index is 13.6. The number of ether oxygens (including phenoxy) is 1. The van der Waals surface area contributed by atoms with Crippen molar-refractivity contribution in [3.8, 4) is 5.75 Å². The van der Waals surface area contributed by atoms with Gasteiger partial charge in [0, 0.05) is 30.1 Å². The fourth-order valence-electron chi connectivity index (χ4n) is 2.13. The van der Waals surface area contributed by atoms with Gasteiger partial charge in [-0.1, -0.05) is 0 Å². The van der Waals surface area contributed by atoms with Crippen LogP contribution in [-0.4, -0.2) is 27.1 Å². The molecule has 0 aliphatic carbocycles. The molecule has 0 bridgehead atoms. The lowest BCUT2D eigenvalue weighted by molar-refractivity contribution is -0.0521. The maximum absolute atomic E-state index is 13.6. The topological polar surface area (TPSA) is 68.5 Å². The fourth-order valence-corrected chi connectivity index (χ4v) is 2.13. The first-order chi connectivity index (χ1) is 11.5. The van der Waals surface area contributed by atoms with Gasteiger partial charge in [-0.05, 0) is 18.2 Å². The molecule has 0 atom stereocenters. The van der Waals surface area contributed by atoms with Gasteiger partial charge in [-0.2, -0.15) is 13.9 Å². The highest BCUT2D eigenvalue weighted by Gasteiger charge is 2.14. The van der Waals surface area contributed by atoms with E-state index in [1.165, 1.54) is 6.07 Å². The number of halogens is 3. The van der Waals surface area contributed by atoms with E-state index in [1.807, 2.05) is 0 Å². The number of hydrogen-bond donors (Lipinski definition) is 1. The molecule has 0 saturated heterocycles. The summed E-state index contributed by atoms with van der Waals surface area (Å²) in [6.07, 6.45) is 6.42. The minimum atomic E-state index is -3.14. The number of aromatic nitrogens is 3. The van der Waals surface area contributed by atoms with Crippen LogP contribution >= 0.6 is 0 Å². The minimum absolute atomic E-state index is 0.0104. The summed E-state index contributed by atoms with van der Waals surface area (Å²) in [5, 5.41) is 6.71. The zero-order chi connectivity index (χ0) is 17.1. The summed E-state index contributed by atoms with van der Waals surface area (Å²) in [5.41, 5.74) is 1.45. The smallest absolute Gasteiger partial charge is 0.387 e. The lowest BCUT2D eigenvalue weighted by Gasteiger charge is -2.08. The molecule has 3 aromatic rings. The number of alkyl halides is 2. The second kappa shape index (κ2) is 6.57. The van der Waals surface area contributed by atoms with E-state index in [1.54, 1.807) is 29.3 Å². The van der Waals surface area contributed by atoms with Crippen LogP contribution in [0.3, 0.4) is 0 Å². The van der Waals surface area contributed by atoms with Crippen molar-refractivity contribution in [2.75, 3.05) is 0 Å². The molecule has 1 aromatic carbocycles. The van der Waals surface area contributed by atoms with Gasteiger partial charge in [-0.3, -0.25) is 9.78 Å². The van der Waals surface area contributed by atoms with Gasteiger partial charge in [0.25, 0.3) is 5.91 Å². The first-order valence-electron chi connectivity index (χ1n) is 6.83. The Balaban J connectivity index is 1.70. The number of rotatable bonds is 5. The van der Waals surface area contributed by atoms with Crippen LogP contribution in [0.5, 0.6) is 5.75 Å². The molecule has 3 rings (SSSR count). The number of fused-ring (bicyclic) bond motifs is 1. The lowest BCUT2D eigenvalue weighted by Crippen LogP contribution is -2.23. The van der Waals surface area contributed by atoms with Gasteiger partial charge in [-0.15, -0.1) is 0 Å². The van der Waals surface area contributed by atoms with E-state index >= 15 is 0 Å². The highest BCUT2D eigenvalue weighted by molar-refractivity contribution is 5.94. The van der Waals surface area contributed by atoms with Gasteiger partial charge in [0.05, 0.1) is 17.9 Å². The normalized spacial score (nSPS) is 11.0. The Morgan fingerprint density at radius 1 is 1.33 bits per heavy atom. The van der Waals surface area contributed by atoms with Crippen LogP contribution in [-0.2, 0) is 6.54 Å². The molecule has 0 unspecified atom stereocenters. The highest BCUT2D eigenvalue weighted by atomic mass is 19.3. The summed E-state index contributed by atoms with van der Waals surface area (Å²) in [6.45, 7) is -2.98. The van der Waals surface area contributed by atoms with Crippen molar-refractivity contribution in [3.63, 3.8) is 0 Å². The Morgan fingerprint density at radius 3 is 2.92 bits per heavy atom. The lowest BCUT2D eigenvalue weighted by atomic mass is 10.2. The molecule has 2 aromatic heterocycles. The van der Waals surface area contributed by atoms with Crippen LogP contribution in [0.2, 0.25) is 0 Å². The molecule has 0 fully saturated rings. The second-order valence-electron chi connectivity index (χ2n) is 4.78. The van der Waals surface area contributed by atoms with Crippen molar-refractivity contribution in [1.29, 1.82) is 0 Å². The first kappa shape index (κ1) is 15.8. The number of carbonyl (C=O) groups is 1. The van der Waals surface area contributed by atoms with Crippen LogP contribution in [0.15, 0.2) is 43.0 Å². The number of amides is 1. The Hall–Kier alpha value is -3.10. The van der Waals surface area contributed by atoms with Crippen molar-refractivity contribution < 1.29 is 22.7 Å². The van der Waals surface area contributed by atoms with E-state index in [0.29, 0.717) is 0 Å². The third kappa shape index (κ3) is 3.29. The van der Waals surface area contributed by atoms with E-state index in [-0.39, 0.29) is 12.1 Å². The summed E-state index contributed by atoms with van der Waals surface area (Å²) >= 11 is 0. The summed E-state index contributed by atoms with van der Waals surface area (Å²) in [5.74, 6) is -2.21. The molecule has 9 heteroatoms. The quantitative estimate of drug-likeness (QED) is 0.777. The Morgan fingerprint density at radius 2 is 2.17 bits per heavy atom. The number of hydrogen-bond acceptors (Lipinski definition) is 4. The number of nitrogens with zero attached hydrogens (tertiary/aromatic N) is 3. The van der Waals surface area contributed by atoms with Crippen molar-refractivity contribution >= 4 is 11.4 Å². The van der Waals surface area contributed by atoms with Crippen molar-refractivity contribution in [1.82, 2.24) is 19.9 Å². The van der Waals surface area contributed by atoms with E-state index < -0.39 is 24.1 Å². The van der Waals surface area contributed by atoms with Crippen molar-refractivity contribution in [3.05, 3.63) is 59.9 Å². The molecule has 2 heterocycles. The van der Waals surface area contributed by atoms with E-state index in [9.17, 15) is 18.0 Å². The van der Waals surface area contributed by atoms with Gasteiger partial charge < -0.3 is 10.1 Å². The maximum Gasteiger partial charge on any atom is 0.387 e. The highest BCUT2D eigenvalue weighted by Crippen LogP contribution is 2.20. The number of benzene rings is 1. The predicted octanol–water partition coefficient (Wildman–Crippen LogP) is 2.40. The monoisotopic (exact) mass is 336 g/mol. The van der Waals surface area contributed by atoms with E-state index in [2.05, 4.69) is 20.1 Å². The van der Waals surface area contributed by atoms with Gasteiger partial charge in [0.2, 0.25) is 0 Å². The third-order valence-electron chi connectivity index (χ3n) is 3.25. The number of nitrogens with one attached hydrogen (secondary N) is 1. The van der Waals surface area contributed by atoms with Crippen LogP contribution < -0.4 is 10.1 Å². The minimum Gasteiger partial charge on any atom is -0.432 e. The zero-order valence-corrected chi connectivity index (χ0v) is 12.1. The van der Waals surface area contributed by atoms with Gasteiger partial charge in [-0.25, -0.2) is 8.91 Å². The van der Waals surface area contributed by atoms with Crippen molar-refractivity contribution in [2.45, 2.75) is 13.2 Å². The first-order valence-corrected chi connectivity index (χ1v) is 6.83. The van der Waals surface area contributed by atoms with Crippen molar-refractivity contribution in [2.24, 2.45) is 0 Å². The van der Waals surface area contributed by atoms with Gasteiger partial charge in [0.15, 0.2) is 11.6 Å². The molecular weight excluding hydrogens is 325 g/mol. The van der Waals surface area contributed by atoms with E-state index in [0.717, 1.165) is 23.2 Å². The van der Waals surface area contributed by atoms with Crippen LogP contribution in [0.25, 0.3) is 5.52 Å². The van der Waals surface area contributed by atoms with Gasteiger partial charge >= 0.3 is 6.61 Å². The Labute approximate surface area is 133 Å². The predicted molar refractivity (Wildman–Crippen MR) is 77.2 cm³/mol. The zero-order valence-electron chi connectivity index (χ0n) is 12.1. The summed E-state index contributed by atoms with van der Waals surface area (Å²) in [6, 6.07) is 3.02. The second-order valence-corrected chi connectivity index (χ2v) is 4.78. The molecule has 0 aliphatic rings. The van der Waals surface area contributed by atoms with Crippen LogP contribution in [0.4, 0.5) is 13.2 Å². The SMILES string of the molecule is O=C(NCc1cnn2ccncc12)c1ccc(OC(F)F)c(F)c1. The largest absolute Gasteiger partial charge is 0.432 e. The van der Waals surface area contributed by atoms with Crippen LogP contribution in [0.1, 0.15) is 15.9 Å². The summed E-state index contributed by atoms with van der Waals surface area (Å²) in [4.78, 5) is 16.0. The molecule has 124 valence electrons. The fraction of sp³-hybridized carbons (Fsp3) is 0.133. The average Bonchev–Trinajstić information content (AvgIpc) is 2.97. The Bertz CT molecular complexity index is 882. The van der Waals surface area contributed by atoms with E-state index in [4.69, 9.17) is 0 Å². The molecule has 0 aliphatic heterocycles. The molecule has 6 nitrogen and oxygen atoms in total. The molecule has 0 radical (unpaired) electrons. The standard InChI is InChI=1S/C15H11F3N4O2/c16-11-5-9(1-2-13(11)24-15(17)18)14(23)20-6-10-7-21-22-4-3-19-8-12(10)22/h1-5,7-8,15H,6H2,(H,20,23). The third-order valence-corrected chi connectivity index (χ3v) is 3.25. The Kier molecular flexibility index (Phi) is 4.32. The van der Waals surface area contributed by atoms with Gasteiger partial charge in [0.1, 0.15) is 0 Å². The summed E-state index contributed by atoms with van der Waals surface area (Å²) in [7, 11) is 0. The molecular formula is C15H11F3N4O2. The molecule has 0 spiro atoms. The molecule has 0 saturated carbocycles. The molecule has 24 heavy (non-hydrogen) atoms. The van der Waals surface area contributed by atoms with Crippen LogP contribution in [0, 0.1) is 5.82 Å². The molecule has 1 amide bonds.